The third-order valence-electron chi connectivity index (χ3n) is 4.03. The normalized spacial score (nSPS) is 17.7. The van der Waals surface area contributed by atoms with Gasteiger partial charge in [0.15, 0.2) is 0 Å². The van der Waals surface area contributed by atoms with Crippen LogP contribution in [0.25, 0.3) is 0 Å². The van der Waals surface area contributed by atoms with Crippen LogP contribution in [0.2, 0.25) is 10.0 Å². The lowest BCUT2D eigenvalue weighted by molar-refractivity contribution is -0.0909. The zero-order valence-electron chi connectivity index (χ0n) is 14.3. The average molecular weight is 496 g/mol. The van der Waals surface area contributed by atoms with Crippen LogP contribution in [0, 0.1) is 0 Å². The topological polar surface area (TPSA) is 75.6 Å². The minimum atomic E-state index is -3.69. The van der Waals surface area contributed by atoms with Gasteiger partial charge in [-0.25, -0.2) is 9.97 Å². The Kier molecular flexibility index (Phi) is 6.60. The van der Waals surface area contributed by atoms with Crippen molar-refractivity contribution in [3.05, 3.63) is 50.7 Å². The van der Waals surface area contributed by atoms with Crippen molar-refractivity contribution in [2.75, 3.05) is 24.2 Å². The summed E-state index contributed by atoms with van der Waals surface area (Å²) in [6.07, 6.45) is 5.07. The van der Waals surface area contributed by atoms with E-state index in [-0.39, 0.29) is 12.6 Å². The first-order chi connectivity index (χ1) is 12.7. The molecule has 1 aliphatic heterocycles. The first-order valence-corrected chi connectivity index (χ1v) is 11.4. The highest BCUT2D eigenvalue weighted by molar-refractivity contribution is 9.10. The van der Waals surface area contributed by atoms with Crippen LogP contribution in [0.15, 0.2) is 35.1 Å². The molecular formula is C16H17BrCl2N4O3S. The molecule has 146 valence electrons. The van der Waals surface area contributed by atoms with E-state index in [9.17, 15) is 8.42 Å². The number of hydrogen-bond donors (Lipinski definition) is 0. The molecule has 1 aromatic carbocycles. The van der Waals surface area contributed by atoms with Crippen LogP contribution in [0.5, 0.6) is 0 Å². The smallest absolute Gasteiger partial charge is 0.280 e. The van der Waals surface area contributed by atoms with Gasteiger partial charge in [0, 0.05) is 35.5 Å². The fraction of sp³-hybridized carbons (Fsp3) is 0.375. The lowest BCUT2D eigenvalue weighted by Gasteiger charge is -2.27. The number of nitrogens with zero attached hydrogens (tertiary/aromatic N) is 4. The number of aromatic nitrogens is 2. The molecule has 0 bridgehead atoms. The standard InChI is InChI=1S/C16H17BrCl2N4O3S/c1-27(24,25)26-23(9-11-2-3-13(18)6-15(11)19)14-4-5-22(10-14)16-20-7-12(17)8-21-16/h2-3,6-8,14H,4-5,9-10H2,1H3/t14-/m0/s1. The Hall–Kier alpha value is -0.970. The second kappa shape index (κ2) is 8.59. The van der Waals surface area contributed by atoms with Gasteiger partial charge in [-0.15, -0.1) is 0 Å². The van der Waals surface area contributed by atoms with Crippen LogP contribution in [0.1, 0.15) is 12.0 Å². The third-order valence-corrected chi connectivity index (χ3v) is 5.49. The van der Waals surface area contributed by atoms with Gasteiger partial charge in [-0.1, -0.05) is 29.3 Å². The third kappa shape index (κ3) is 5.75. The van der Waals surface area contributed by atoms with E-state index in [2.05, 4.69) is 25.9 Å². The summed E-state index contributed by atoms with van der Waals surface area (Å²) >= 11 is 15.5. The summed E-state index contributed by atoms with van der Waals surface area (Å²) in [6.45, 7) is 1.43. The molecule has 1 atom stereocenters. The maximum atomic E-state index is 11.8. The monoisotopic (exact) mass is 494 g/mol. The van der Waals surface area contributed by atoms with E-state index in [4.69, 9.17) is 27.5 Å². The highest BCUT2D eigenvalue weighted by Crippen LogP contribution is 2.27. The molecule has 7 nitrogen and oxygen atoms in total. The van der Waals surface area contributed by atoms with Crippen LogP contribution in [0.4, 0.5) is 5.95 Å². The largest absolute Gasteiger partial charge is 0.339 e. The van der Waals surface area contributed by atoms with Crippen LogP contribution in [0.3, 0.4) is 0 Å². The maximum absolute atomic E-state index is 11.8. The number of halogens is 3. The first-order valence-electron chi connectivity index (χ1n) is 8.04. The summed E-state index contributed by atoms with van der Waals surface area (Å²) in [5, 5.41) is 2.41. The van der Waals surface area contributed by atoms with E-state index in [1.165, 1.54) is 5.06 Å². The van der Waals surface area contributed by atoms with E-state index >= 15 is 0 Å². The van der Waals surface area contributed by atoms with Crippen LogP contribution in [-0.4, -0.2) is 48.8 Å². The molecule has 1 aliphatic rings. The molecule has 0 N–H and O–H groups in total. The van der Waals surface area contributed by atoms with E-state index in [0.717, 1.165) is 16.3 Å². The summed E-state index contributed by atoms with van der Waals surface area (Å²) < 4.78 is 29.6. The summed E-state index contributed by atoms with van der Waals surface area (Å²) in [6, 6.07) is 4.92. The van der Waals surface area contributed by atoms with Gasteiger partial charge in [-0.3, -0.25) is 0 Å². The fourth-order valence-corrected chi connectivity index (χ4v) is 4.03. The van der Waals surface area contributed by atoms with Gasteiger partial charge < -0.3 is 4.90 Å². The summed E-state index contributed by atoms with van der Waals surface area (Å²) in [4.78, 5) is 10.6. The number of benzene rings is 1. The summed E-state index contributed by atoms with van der Waals surface area (Å²) in [7, 11) is -3.69. The predicted octanol–water partition coefficient (Wildman–Crippen LogP) is 3.52. The van der Waals surface area contributed by atoms with Crippen molar-refractivity contribution < 1.29 is 12.7 Å². The van der Waals surface area contributed by atoms with Gasteiger partial charge in [0.1, 0.15) is 0 Å². The number of hydroxylamine groups is 2. The number of anilines is 1. The molecule has 2 heterocycles. The van der Waals surface area contributed by atoms with Gasteiger partial charge in [-0.2, -0.15) is 17.8 Å². The van der Waals surface area contributed by atoms with Crippen molar-refractivity contribution >= 4 is 55.2 Å². The van der Waals surface area contributed by atoms with Gasteiger partial charge in [-0.05, 0) is 40.0 Å². The minimum Gasteiger partial charge on any atom is -0.339 e. The molecule has 27 heavy (non-hydrogen) atoms. The van der Waals surface area contributed by atoms with Crippen molar-refractivity contribution in [1.82, 2.24) is 15.0 Å². The Morgan fingerprint density at radius 1 is 1.33 bits per heavy atom. The molecule has 0 unspecified atom stereocenters. The molecule has 0 amide bonds. The molecule has 3 rings (SSSR count). The summed E-state index contributed by atoms with van der Waals surface area (Å²) in [5.74, 6) is 0.588. The first kappa shape index (κ1) is 20.8. The molecule has 11 heteroatoms. The molecule has 0 saturated carbocycles. The van der Waals surface area contributed by atoms with Crippen LogP contribution < -0.4 is 4.90 Å². The molecule has 0 radical (unpaired) electrons. The van der Waals surface area contributed by atoms with E-state index in [1.807, 2.05) is 4.90 Å². The quantitative estimate of drug-likeness (QED) is 0.567. The molecular weight excluding hydrogens is 479 g/mol. The molecule has 2 aromatic rings. The molecule has 1 saturated heterocycles. The minimum absolute atomic E-state index is 0.168. The zero-order valence-corrected chi connectivity index (χ0v) is 18.3. The molecule has 1 fully saturated rings. The van der Waals surface area contributed by atoms with Crippen molar-refractivity contribution in [3.63, 3.8) is 0 Å². The van der Waals surface area contributed by atoms with E-state index < -0.39 is 10.1 Å². The van der Waals surface area contributed by atoms with Gasteiger partial charge in [0.05, 0.1) is 23.3 Å². The lowest BCUT2D eigenvalue weighted by atomic mass is 10.2. The van der Waals surface area contributed by atoms with Crippen LogP contribution in [-0.2, 0) is 20.9 Å². The molecule has 0 aliphatic carbocycles. The second-order valence-electron chi connectivity index (χ2n) is 6.18. The molecule has 0 spiro atoms. The highest BCUT2D eigenvalue weighted by atomic mass is 79.9. The Labute approximate surface area is 176 Å². The Morgan fingerprint density at radius 2 is 2.04 bits per heavy atom. The predicted molar refractivity (Wildman–Crippen MR) is 108 cm³/mol. The van der Waals surface area contributed by atoms with Gasteiger partial charge >= 0.3 is 0 Å². The fourth-order valence-electron chi connectivity index (χ4n) is 2.84. The van der Waals surface area contributed by atoms with Crippen molar-refractivity contribution in [2.45, 2.75) is 19.0 Å². The lowest BCUT2D eigenvalue weighted by Crippen LogP contribution is -2.39. The Bertz CT molecular complexity index is 914. The number of rotatable bonds is 6. The SMILES string of the molecule is CS(=O)(=O)ON(Cc1ccc(Cl)cc1Cl)[C@H]1CCN(c2ncc(Br)cn2)C1. The van der Waals surface area contributed by atoms with Crippen LogP contribution >= 0.6 is 39.1 Å². The Balaban J connectivity index is 1.78. The Morgan fingerprint density at radius 3 is 2.67 bits per heavy atom. The molecule has 1 aromatic heterocycles. The van der Waals surface area contributed by atoms with Gasteiger partial charge in [0.2, 0.25) is 5.95 Å². The maximum Gasteiger partial charge on any atom is 0.280 e. The van der Waals surface area contributed by atoms with Gasteiger partial charge in [0.25, 0.3) is 10.1 Å². The van der Waals surface area contributed by atoms with Crippen molar-refractivity contribution in [3.8, 4) is 0 Å². The van der Waals surface area contributed by atoms with E-state index in [0.29, 0.717) is 35.5 Å². The van der Waals surface area contributed by atoms with E-state index in [1.54, 1.807) is 30.6 Å². The van der Waals surface area contributed by atoms with Crippen molar-refractivity contribution in [1.29, 1.82) is 0 Å². The zero-order chi connectivity index (χ0) is 19.6. The van der Waals surface area contributed by atoms with Crippen molar-refractivity contribution in [2.24, 2.45) is 0 Å². The second-order valence-corrected chi connectivity index (χ2v) is 9.50. The average Bonchev–Trinajstić information content (AvgIpc) is 3.06. The number of hydrogen-bond acceptors (Lipinski definition) is 7. The highest BCUT2D eigenvalue weighted by Gasteiger charge is 2.32. The summed E-state index contributed by atoms with van der Waals surface area (Å²) in [5.41, 5.74) is 0.725.